The minimum absolute atomic E-state index is 0.0529. The van der Waals surface area contributed by atoms with Crippen molar-refractivity contribution in [2.24, 2.45) is 12.0 Å². The second-order valence-electron chi connectivity index (χ2n) is 6.13. The van der Waals surface area contributed by atoms with E-state index in [1.807, 2.05) is 12.1 Å². The van der Waals surface area contributed by atoms with E-state index in [0.717, 1.165) is 10.2 Å². The highest BCUT2D eigenvalue weighted by Crippen LogP contribution is 2.24. The van der Waals surface area contributed by atoms with Crippen LogP contribution in [0.25, 0.3) is 10.2 Å². The van der Waals surface area contributed by atoms with E-state index in [9.17, 15) is 13.2 Å². The van der Waals surface area contributed by atoms with Gasteiger partial charge in [-0.2, -0.15) is 4.99 Å². The van der Waals surface area contributed by atoms with Crippen LogP contribution >= 0.6 is 22.9 Å². The second kappa shape index (κ2) is 8.46. The van der Waals surface area contributed by atoms with E-state index in [4.69, 9.17) is 16.3 Å². The first-order chi connectivity index (χ1) is 13.3. The Labute approximate surface area is 172 Å². The maximum atomic E-state index is 12.4. The molecular formula is C19H19ClN2O4S2. The molecule has 1 heterocycles. The number of rotatable bonds is 6. The average Bonchev–Trinajstić information content (AvgIpc) is 2.98. The summed E-state index contributed by atoms with van der Waals surface area (Å²) in [6.45, 7) is 0. The van der Waals surface area contributed by atoms with Crippen molar-refractivity contribution >= 4 is 48.9 Å². The molecule has 0 radical (unpaired) electrons. The highest BCUT2D eigenvalue weighted by Gasteiger charge is 2.15. The molecule has 0 saturated carbocycles. The number of hydrogen-bond acceptors (Lipinski definition) is 5. The normalized spacial score (nSPS) is 12.5. The fraction of sp³-hybridized carbons (Fsp3) is 0.263. The number of halogens is 1. The predicted molar refractivity (Wildman–Crippen MR) is 111 cm³/mol. The van der Waals surface area contributed by atoms with Crippen LogP contribution in [0.5, 0.6) is 5.75 Å². The number of fused-ring (bicyclic) bond motifs is 1. The number of carbonyl (C=O) groups excluding carboxylic acids is 1. The van der Waals surface area contributed by atoms with Crippen LogP contribution < -0.4 is 9.54 Å². The first kappa shape index (κ1) is 20.6. The summed E-state index contributed by atoms with van der Waals surface area (Å²) < 4.78 is 32.5. The molecule has 9 heteroatoms. The van der Waals surface area contributed by atoms with Crippen molar-refractivity contribution in [3.63, 3.8) is 0 Å². The molecule has 0 spiro atoms. The van der Waals surface area contributed by atoms with Crippen molar-refractivity contribution in [1.29, 1.82) is 0 Å². The average molecular weight is 439 g/mol. The van der Waals surface area contributed by atoms with Gasteiger partial charge >= 0.3 is 0 Å². The number of sulfone groups is 1. The topological polar surface area (TPSA) is 77.7 Å². The zero-order valence-corrected chi connectivity index (χ0v) is 17.8. The van der Waals surface area contributed by atoms with Gasteiger partial charge in [-0.1, -0.05) is 29.0 Å². The van der Waals surface area contributed by atoms with Crippen LogP contribution in [0.3, 0.4) is 0 Å². The smallest absolute Gasteiger partial charge is 0.248 e. The van der Waals surface area contributed by atoms with Gasteiger partial charge in [-0.05, 0) is 42.8 Å². The minimum Gasteiger partial charge on any atom is -0.497 e. The standard InChI is InChI=1S/C19H19ClN2O4S2/c1-22-18-15(20)5-3-6-16(18)27-19(22)21-17(23)7-4-12-28(24,25)14-10-8-13(26-2)9-11-14/h3,5-6,8-11H,4,7,12H2,1-2H3. The van der Waals surface area contributed by atoms with Crippen LogP contribution in [0, 0.1) is 0 Å². The van der Waals surface area contributed by atoms with Crippen molar-refractivity contribution in [1.82, 2.24) is 4.57 Å². The number of benzene rings is 2. The van der Waals surface area contributed by atoms with Gasteiger partial charge in [0.05, 0.1) is 33.0 Å². The van der Waals surface area contributed by atoms with Crippen molar-refractivity contribution in [3.05, 3.63) is 52.3 Å². The molecule has 0 aliphatic heterocycles. The van der Waals surface area contributed by atoms with Crippen LogP contribution in [0.15, 0.2) is 52.4 Å². The molecule has 3 rings (SSSR count). The van der Waals surface area contributed by atoms with E-state index in [-0.39, 0.29) is 29.4 Å². The van der Waals surface area contributed by atoms with E-state index < -0.39 is 9.84 Å². The SMILES string of the molecule is COc1ccc(S(=O)(=O)CCCC(=O)N=c2sc3cccc(Cl)c3n2C)cc1. The molecule has 3 aromatic rings. The Bertz CT molecular complexity index is 1180. The number of nitrogens with zero attached hydrogens (tertiary/aromatic N) is 2. The van der Waals surface area contributed by atoms with Gasteiger partial charge in [-0.15, -0.1) is 0 Å². The van der Waals surface area contributed by atoms with Crippen LogP contribution in [0.1, 0.15) is 12.8 Å². The highest BCUT2D eigenvalue weighted by atomic mass is 35.5. The number of ether oxygens (including phenoxy) is 1. The van der Waals surface area contributed by atoms with Crippen molar-refractivity contribution < 1.29 is 17.9 Å². The highest BCUT2D eigenvalue weighted by molar-refractivity contribution is 7.91. The van der Waals surface area contributed by atoms with E-state index in [1.54, 1.807) is 29.8 Å². The number of thiazole rings is 1. The van der Waals surface area contributed by atoms with E-state index >= 15 is 0 Å². The quantitative estimate of drug-likeness (QED) is 0.589. The summed E-state index contributed by atoms with van der Waals surface area (Å²) in [5.74, 6) is 0.109. The number of methoxy groups -OCH3 is 1. The monoisotopic (exact) mass is 438 g/mol. The molecule has 148 valence electrons. The number of carbonyl (C=O) groups is 1. The molecule has 6 nitrogen and oxygen atoms in total. The molecule has 28 heavy (non-hydrogen) atoms. The van der Waals surface area contributed by atoms with Gasteiger partial charge in [0.25, 0.3) is 0 Å². The largest absolute Gasteiger partial charge is 0.497 e. The summed E-state index contributed by atoms with van der Waals surface area (Å²) in [6.07, 6.45) is 0.253. The summed E-state index contributed by atoms with van der Waals surface area (Å²) in [6, 6.07) is 11.7. The number of aromatic nitrogens is 1. The van der Waals surface area contributed by atoms with Crippen molar-refractivity contribution in [2.75, 3.05) is 12.9 Å². The Kier molecular flexibility index (Phi) is 6.22. The van der Waals surface area contributed by atoms with E-state index in [2.05, 4.69) is 4.99 Å². The molecule has 0 aliphatic rings. The van der Waals surface area contributed by atoms with Gasteiger partial charge in [0.15, 0.2) is 14.6 Å². The van der Waals surface area contributed by atoms with Gasteiger partial charge < -0.3 is 9.30 Å². The molecule has 0 fully saturated rings. The van der Waals surface area contributed by atoms with Crippen molar-refractivity contribution in [3.8, 4) is 5.75 Å². The third-order valence-electron chi connectivity index (χ3n) is 4.22. The lowest BCUT2D eigenvalue weighted by Crippen LogP contribution is -2.14. The molecule has 2 aromatic carbocycles. The van der Waals surface area contributed by atoms with Gasteiger partial charge in [-0.3, -0.25) is 4.79 Å². The molecule has 1 aromatic heterocycles. The summed E-state index contributed by atoms with van der Waals surface area (Å²) in [7, 11) is -0.144. The van der Waals surface area contributed by atoms with Gasteiger partial charge in [0, 0.05) is 13.5 Å². The lowest BCUT2D eigenvalue weighted by molar-refractivity contribution is -0.118. The molecule has 0 saturated heterocycles. The Morgan fingerprint density at radius 3 is 2.57 bits per heavy atom. The Morgan fingerprint density at radius 1 is 1.21 bits per heavy atom. The first-order valence-electron chi connectivity index (χ1n) is 8.50. The second-order valence-corrected chi connectivity index (χ2v) is 9.66. The zero-order valence-electron chi connectivity index (χ0n) is 15.4. The molecule has 0 aliphatic carbocycles. The number of hydrogen-bond donors (Lipinski definition) is 0. The molecule has 0 atom stereocenters. The van der Waals surface area contributed by atoms with Crippen LogP contribution in [-0.2, 0) is 21.7 Å². The minimum atomic E-state index is -3.46. The van der Waals surface area contributed by atoms with Crippen LogP contribution in [-0.4, -0.2) is 31.8 Å². The Balaban J connectivity index is 1.68. The van der Waals surface area contributed by atoms with Gasteiger partial charge in [0.1, 0.15) is 5.75 Å². The summed E-state index contributed by atoms with van der Waals surface area (Å²) in [5.41, 5.74) is 0.822. The summed E-state index contributed by atoms with van der Waals surface area (Å²) in [4.78, 5) is 17.1. The zero-order chi connectivity index (χ0) is 20.3. The fourth-order valence-electron chi connectivity index (χ4n) is 2.74. The number of amides is 1. The van der Waals surface area contributed by atoms with Gasteiger partial charge in [0.2, 0.25) is 5.91 Å². The summed E-state index contributed by atoms with van der Waals surface area (Å²) in [5, 5.41) is 0.593. The molecule has 0 unspecified atom stereocenters. The fourth-order valence-corrected chi connectivity index (χ4v) is 5.47. The number of aryl methyl sites for hydroxylation is 1. The molecule has 1 amide bonds. The lowest BCUT2D eigenvalue weighted by atomic mass is 10.3. The maximum Gasteiger partial charge on any atom is 0.248 e. The van der Waals surface area contributed by atoms with E-state index in [0.29, 0.717) is 15.6 Å². The van der Waals surface area contributed by atoms with E-state index in [1.165, 1.54) is 30.6 Å². The maximum absolute atomic E-state index is 12.4. The molecule has 0 N–H and O–H groups in total. The van der Waals surface area contributed by atoms with Gasteiger partial charge in [-0.25, -0.2) is 8.42 Å². The predicted octanol–water partition coefficient (Wildman–Crippen LogP) is 3.58. The lowest BCUT2D eigenvalue weighted by Gasteiger charge is -2.05. The Hall–Kier alpha value is -2.16. The molecular weight excluding hydrogens is 420 g/mol. The first-order valence-corrected chi connectivity index (χ1v) is 11.3. The Morgan fingerprint density at radius 2 is 1.93 bits per heavy atom. The third-order valence-corrected chi connectivity index (χ3v) is 7.43. The van der Waals surface area contributed by atoms with Crippen LogP contribution in [0.4, 0.5) is 0 Å². The van der Waals surface area contributed by atoms with Crippen LogP contribution in [0.2, 0.25) is 5.02 Å². The molecule has 0 bridgehead atoms. The number of para-hydroxylation sites is 1. The van der Waals surface area contributed by atoms with Crippen molar-refractivity contribution in [2.45, 2.75) is 17.7 Å². The summed E-state index contributed by atoms with van der Waals surface area (Å²) >= 11 is 7.57. The third kappa shape index (κ3) is 4.45.